The summed E-state index contributed by atoms with van der Waals surface area (Å²) in [5.74, 6) is -0.185. The van der Waals surface area contributed by atoms with Crippen LogP contribution in [-0.4, -0.2) is 63.5 Å². The number of piperazine rings is 1. The Hall–Kier alpha value is -3.14. The number of nitrogens with one attached hydrogen (secondary N) is 1. The van der Waals surface area contributed by atoms with Gasteiger partial charge in [0, 0.05) is 37.9 Å². The van der Waals surface area contributed by atoms with Crippen LogP contribution in [0.25, 0.3) is 22.3 Å². The van der Waals surface area contributed by atoms with Gasteiger partial charge in [0.15, 0.2) is 5.65 Å². The van der Waals surface area contributed by atoms with Gasteiger partial charge in [-0.15, -0.1) is 0 Å². The minimum absolute atomic E-state index is 0.156. The van der Waals surface area contributed by atoms with E-state index in [-0.39, 0.29) is 18.1 Å². The number of imidazole rings is 1. The molecule has 3 heterocycles. The number of hydrogen-bond donors (Lipinski definition) is 1. The second kappa shape index (κ2) is 7.60. The second-order valence-corrected chi connectivity index (χ2v) is 7.37. The molecule has 1 saturated heterocycles. The molecule has 1 N–H and O–H groups in total. The maximum atomic E-state index is 13.0. The van der Waals surface area contributed by atoms with Gasteiger partial charge < -0.3 is 9.80 Å². The lowest BCUT2D eigenvalue weighted by Crippen LogP contribution is -2.48. The maximum Gasteiger partial charge on any atom is 0.416 e. The molecule has 10 heteroatoms. The van der Waals surface area contributed by atoms with Crippen molar-refractivity contribution in [3.63, 3.8) is 0 Å². The zero-order valence-electron chi connectivity index (χ0n) is 16.2. The van der Waals surface area contributed by atoms with E-state index in [9.17, 15) is 22.8 Å². The van der Waals surface area contributed by atoms with E-state index in [1.807, 2.05) is 7.05 Å². The number of amides is 1. The summed E-state index contributed by atoms with van der Waals surface area (Å²) in [4.78, 5) is 35.6. The van der Waals surface area contributed by atoms with Gasteiger partial charge in [0.1, 0.15) is 6.54 Å². The molecule has 2 aromatic heterocycles. The Morgan fingerprint density at radius 2 is 1.87 bits per heavy atom. The first-order valence-electron chi connectivity index (χ1n) is 9.45. The van der Waals surface area contributed by atoms with E-state index in [4.69, 9.17) is 0 Å². The lowest BCUT2D eigenvalue weighted by molar-refractivity contribution is -0.137. The molecule has 1 aromatic carbocycles. The van der Waals surface area contributed by atoms with Gasteiger partial charge in [0.2, 0.25) is 5.91 Å². The SMILES string of the molecule is CN1CCN(C(=O)Cn2c(=O)[nH]c3ncc(-c4cccc(C(F)(F)F)c4)cc32)CC1. The number of likely N-dealkylation sites (N-methyl/N-ethyl adjacent to an activating group) is 1. The van der Waals surface area contributed by atoms with Crippen LogP contribution in [-0.2, 0) is 17.5 Å². The Morgan fingerprint density at radius 1 is 1.13 bits per heavy atom. The van der Waals surface area contributed by atoms with Gasteiger partial charge in [-0.3, -0.25) is 14.3 Å². The van der Waals surface area contributed by atoms with Crippen molar-refractivity contribution in [2.75, 3.05) is 33.2 Å². The molecule has 0 spiro atoms. The number of hydrogen-bond acceptors (Lipinski definition) is 4. The van der Waals surface area contributed by atoms with Gasteiger partial charge in [-0.25, -0.2) is 9.78 Å². The number of fused-ring (bicyclic) bond motifs is 1. The number of aromatic amines is 1. The zero-order chi connectivity index (χ0) is 21.5. The van der Waals surface area contributed by atoms with Crippen LogP contribution in [0, 0.1) is 0 Å². The van der Waals surface area contributed by atoms with Crippen LogP contribution in [0.3, 0.4) is 0 Å². The zero-order valence-corrected chi connectivity index (χ0v) is 16.2. The van der Waals surface area contributed by atoms with Crippen LogP contribution in [0.4, 0.5) is 13.2 Å². The van der Waals surface area contributed by atoms with Crippen LogP contribution in [0.15, 0.2) is 41.3 Å². The van der Waals surface area contributed by atoms with Gasteiger partial charge in [-0.05, 0) is 30.8 Å². The highest BCUT2D eigenvalue weighted by molar-refractivity contribution is 5.82. The molecule has 0 aliphatic carbocycles. The van der Waals surface area contributed by atoms with Gasteiger partial charge in [-0.1, -0.05) is 12.1 Å². The Labute approximate surface area is 169 Å². The number of benzene rings is 1. The highest BCUT2D eigenvalue weighted by Crippen LogP contribution is 2.32. The van der Waals surface area contributed by atoms with Crippen molar-refractivity contribution in [2.24, 2.45) is 0 Å². The third kappa shape index (κ3) is 3.95. The average molecular weight is 419 g/mol. The average Bonchev–Trinajstić information content (AvgIpc) is 3.02. The third-order valence-corrected chi connectivity index (χ3v) is 5.30. The predicted octanol–water partition coefficient (Wildman–Crippen LogP) is 2.18. The molecule has 158 valence electrons. The first-order valence-corrected chi connectivity index (χ1v) is 9.45. The van der Waals surface area contributed by atoms with E-state index < -0.39 is 17.4 Å². The number of alkyl halides is 3. The number of halogens is 3. The molecule has 3 aromatic rings. The fourth-order valence-electron chi connectivity index (χ4n) is 3.51. The molecular weight excluding hydrogens is 399 g/mol. The highest BCUT2D eigenvalue weighted by Gasteiger charge is 2.30. The summed E-state index contributed by atoms with van der Waals surface area (Å²) in [6, 6.07) is 6.47. The Balaban J connectivity index is 1.67. The number of H-pyrrole nitrogens is 1. The van der Waals surface area contributed by atoms with E-state index in [1.54, 1.807) is 17.0 Å². The number of rotatable bonds is 3. The predicted molar refractivity (Wildman–Crippen MR) is 105 cm³/mol. The molecule has 4 rings (SSSR count). The first-order chi connectivity index (χ1) is 14.2. The number of pyridine rings is 1. The first kappa shape index (κ1) is 20.1. The number of carbonyl (C=O) groups excluding carboxylic acids is 1. The Morgan fingerprint density at radius 3 is 2.57 bits per heavy atom. The number of carbonyl (C=O) groups is 1. The van der Waals surface area contributed by atoms with Crippen molar-refractivity contribution in [3.8, 4) is 11.1 Å². The van der Waals surface area contributed by atoms with Crippen LogP contribution < -0.4 is 5.69 Å². The summed E-state index contributed by atoms with van der Waals surface area (Å²) in [6.07, 6.45) is -3.06. The lowest BCUT2D eigenvalue weighted by Gasteiger charge is -2.32. The lowest BCUT2D eigenvalue weighted by atomic mass is 10.0. The number of nitrogens with zero attached hydrogens (tertiary/aromatic N) is 4. The molecule has 1 amide bonds. The van der Waals surface area contributed by atoms with Crippen LogP contribution in [0.2, 0.25) is 0 Å². The van der Waals surface area contributed by atoms with Crippen molar-refractivity contribution in [1.29, 1.82) is 0 Å². The smallest absolute Gasteiger partial charge is 0.339 e. The Kier molecular flexibility index (Phi) is 5.10. The van der Waals surface area contributed by atoms with Crippen molar-refractivity contribution in [2.45, 2.75) is 12.7 Å². The van der Waals surface area contributed by atoms with Crippen molar-refractivity contribution in [3.05, 3.63) is 52.6 Å². The molecule has 0 bridgehead atoms. The van der Waals surface area contributed by atoms with Crippen molar-refractivity contribution < 1.29 is 18.0 Å². The van der Waals surface area contributed by atoms with E-state index in [0.29, 0.717) is 29.7 Å². The van der Waals surface area contributed by atoms with Crippen molar-refractivity contribution >= 4 is 17.1 Å². The maximum absolute atomic E-state index is 13.0. The van der Waals surface area contributed by atoms with Crippen LogP contribution >= 0.6 is 0 Å². The van der Waals surface area contributed by atoms with E-state index in [1.165, 1.54) is 16.8 Å². The monoisotopic (exact) mass is 419 g/mol. The summed E-state index contributed by atoms with van der Waals surface area (Å²) in [5, 5.41) is 0. The quantitative estimate of drug-likeness (QED) is 0.706. The molecule has 1 aliphatic rings. The third-order valence-electron chi connectivity index (χ3n) is 5.30. The minimum atomic E-state index is -4.46. The van der Waals surface area contributed by atoms with E-state index in [0.717, 1.165) is 25.2 Å². The van der Waals surface area contributed by atoms with Gasteiger partial charge in [0.05, 0.1) is 11.1 Å². The molecule has 0 unspecified atom stereocenters. The largest absolute Gasteiger partial charge is 0.416 e. The molecule has 30 heavy (non-hydrogen) atoms. The second-order valence-electron chi connectivity index (χ2n) is 7.37. The summed E-state index contributed by atoms with van der Waals surface area (Å²) < 4.78 is 40.4. The summed E-state index contributed by atoms with van der Waals surface area (Å²) in [6.45, 7) is 2.53. The fraction of sp³-hybridized carbons (Fsp3) is 0.350. The fourth-order valence-corrected chi connectivity index (χ4v) is 3.51. The molecule has 1 aliphatic heterocycles. The molecule has 1 fully saturated rings. The van der Waals surface area contributed by atoms with Gasteiger partial charge in [-0.2, -0.15) is 13.2 Å². The molecular formula is C20H20F3N5O2. The van der Waals surface area contributed by atoms with Crippen molar-refractivity contribution in [1.82, 2.24) is 24.3 Å². The van der Waals surface area contributed by atoms with E-state index >= 15 is 0 Å². The molecule has 0 atom stereocenters. The summed E-state index contributed by atoms with van der Waals surface area (Å²) in [5.41, 5.74) is 0.149. The summed E-state index contributed by atoms with van der Waals surface area (Å²) in [7, 11) is 1.98. The van der Waals surface area contributed by atoms with Gasteiger partial charge in [0.25, 0.3) is 0 Å². The normalized spacial score (nSPS) is 15.7. The minimum Gasteiger partial charge on any atom is -0.339 e. The Bertz CT molecular complexity index is 1140. The van der Waals surface area contributed by atoms with E-state index in [2.05, 4.69) is 14.9 Å². The molecule has 0 saturated carbocycles. The van der Waals surface area contributed by atoms with Crippen LogP contribution in [0.5, 0.6) is 0 Å². The highest BCUT2D eigenvalue weighted by atomic mass is 19.4. The standard InChI is InChI=1S/C20H20F3N5O2/c1-26-5-7-27(8-6-26)17(29)12-28-16-10-14(11-24-18(16)25-19(28)30)13-3-2-4-15(9-13)20(21,22)23/h2-4,9-11H,5-8,12H2,1H3,(H,24,25,30). The van der Waals surface area contributed by atoms with Gasteiger partial charge >= 0.3 is 11.9 Å². The topological polar surface area (TPSA) is 74.2 Å². The molecule has 0 radical (unpaired) electrons. The number of aromatic nitrogens is 3. The molecule has 7 nitrogen and oxygen atoms in total. The van der Waals surface area contributed by atoms with Crippen LogP contribution in [0.1, 0.15) is 5.56 Å². The summed E-state index contributed by atoms with van der Waals surface area (Å²) >= 11 is 0.